The second kappa shape index (κ2) is 20.3. The van der Waals surface area contributed by atoms with Gasteiger partial charge in [0.05, 0.1) is 47.1 Å². The fraction of sp³-hybridized carbons (Fsp3) is 0.221. The van der Waals surface area contributed by atoms with Gasteiger partial charge < -0.3 is 4.74 Å². The molecule has 0 amide bonds. The van der Waals surface area contributed by atoms with Gasteiger partial charge in [-0.05, 0) is 150 Å². The van der Waals surface area contributed by atoms with Crippen LogP contribution in [-0.4, -0.2) is 14.1 Å². The molecule has 0 radical (unpaired) electrons. The topological polar surface area (TPSA) is 35.9 Å². The van der Waals surface area contributed by atoms with Gasteiger partial charge in [-0.1, -0.05) is 228 Å². The van der Waals surface area contributed by atoms with Crippen LogP contribution < -0.4 is 9.30 Å². The van der Waals surface area contributed by atoms with E-state index in [1.807, 2.05) is 88.0 Å². The monoisotopic (exact) mass is 1080 g/mol. The average Bonchev–Trinajstić information content (AvgIpc) is 1.45. The SMILES string of the molecule is [2H]c1c([2H])c([2H])c(-c2cc(-c3cc(C(C)(C)C)cc(C(C)(C)C)c3)c(-[n+]3[c-]n(-c4cccc(Oc5ccc6c7ccccc7n(-c7cc(C([2H])([2H])[2H])c(-c8c([2H])c([2H])c([2H])c([2H])c8[2H])cn7)c6c5)c4)c4cc(-c5ccc(C(C)(C)C)cc5)ccc43)c(C(C)(C)C)c2)c([2H])c1[2H]. The Labute approximate surface area is 503 Å². The summed E-state index contributed by atoms with van der Waals surface area (Å²) in [5, 5.41) is 1.68. The molecule has 12 rings (SSSR count). The Bertz CT molecular complexity index is 5040. The number of ether oxygens (including phenoxy) is 1. The van der Waals surface area contributed by atoms with Gasteiger partial charge in [0, 0.05) is 32.7 Å². The minimum absolute atomic E-state index is 0.0621. The van der Waals surface area contributed by atoms with E-state index in [9.17, 15) is 2.74 Å². The van der Waals surface area contributed by atoms with Gasteiger partial charge in [0.25, 0.3) is 6.33 Å². The van der Waals surface area contributed by atoms with Crippen molar-refractivity contribution in [1.29, 1.82) is 0 Å². The summed E-state index contributed by atoms with van der Waals surface area (Å²) in [4.78, 5) is 4.78. The molecule has 82 heavy (non-hydrogen) atoms. The number of pyridine rings is 1. The Hall–Kier alpha value is -8.80. The largest absolute Gasteiger partial charge is 0.458 e. The molecule has 9 aromatic carbocycles. The number of para-hydroxylation sites is 1. The first-order valence-electron chi connectivity index (χ1n) is 34.4. The standard InChI is InChI=1S/C77H74N4O/c1-50-39-72(78-48-66(50)53-25-18-15-19-26-53)81-68-30-21-20-29-63(68)64-37-36-62(47-70(64)81)82-61-28-22-27-60(46-61)79-49-80(69-38-33-54(44-71(69)79)52-31-34-57(35-32-52)74(2,3)4)73-65(56-40-58(75(5,6)7)45-59(41-56)76(8,9)10)42-55(43-67(73)77(11,12)13)51-23-16-14-17-24-51/h14-48H,1-13H3/i1D3,14D,15D,16D,17D,18D,19D,23D,24D,25D,26D. The number of aryl methyl sites for hydroxylation is 1. The number of imidazole rings is 1. The van der Waals surface area contributed by atoms with E-state index in [0.717, 1.165) is 66.4 Å². The third kappa shape index (κ3) is 10.2. The zero-order valence-corrected chi connectivity index (χ0v) is 48.6. The zero-order valence-electron chi connectivity index (χ0n) is 61.6. The summed E-state index contributed by atoms with van der Waals surface area (Å²) in [6, 6.07) is 43.5. The molecule has 5 nitrogen and oxygen atoms in total. The normalized spacial score (nSPS) is 14.9. The van der Waals surface area contributed by atoms with E-state index in [2.05, 4.69) is 155 Å². The first-order chi connectivity index (χ1) is 44.4. The fourth-order valence-electron chi connectivity index (χ4n) is 10.9. The molecule has 0 atom stereocenters. The van der Waals surface area contributed by atoms with Gasteiger partial charge in [-0.15, -0.1) is 0 Å². The summed E-state index contributed by atoms with van der Waals surface area (Å²) in [6.45, 7) is 23.3. The van der Waals surface area contributed by atoms with Crippen LogP contribution in [0.1, 0.15) is 129 Å². The Morgan fingerprint density at radius 3 is 1.79 bits per heavy atom. The predicted octanol–water partition coefficient (Wildman–Crippen LogP) is 20.2. The smallest absolute Gasteiger partial charge is 0.269 e. The number of nitrogens with zero attached hydrogens (tertiary/aromatic N) is 4. The lowest BCUT2D eigenvalue weighted by molar-refractivity contribution is -0.572. The Morgan fingerprint density at radius 2 is 1.12 bits per heavy atom. The van der Waals surface area contributed by atoms with Crippen molar-refractivity contribution in [2.45, 2.75) is 112 Å². The predicted molar refractivity (Wildman–Crippen MR) is 344 cm³/mol. The van der Waals surface area contributed by atoms with Crippen LogP contribution in [-0.2, 0) is 21.7 Å². The molecule has 0 aliphatic rings. The number of hydrogen-bond donors (Lipinski definition) is 0. The molecular formula is C77H74N4O. The van der Waals surface area contributed by atoms with E-state index in [1.54, 1.807) is 0 Å². The maximum absolute atomic E-state index is 9.30. The molecule has 408 valence electrons. The molecule has 0 aliphatic carbocycles. The van der Waals surface area contributed by atoms with E-state index in [1.165, 1.54) is 17.8 Å². The summed E-state index contributed by atoms with van der Waals surface area (Å²) < 4.78 is 126. The number of hydrogen-bond acceptors (Lipinski definition) is 2. The van der Waals surface area contributed by atoms with Crippen molar-refractivity contribution in [2.75, 3.05) is 0 Å². The quantitative estimate of drug-likeness (QED) is 0.107. The minimum atomic E-state index is -2.79. The molecule has 0 unspecified atom stereocenters. The van der Waals surface area contributed by atoms with E-state index >= 15 is 0 Å². The molecule has 0 spiro atoms. The summed E-state index contributed by atoms with van der Waals surface area (Å²) >= 11 is 0. The second-order valence-corrected chi connectivity index (χ2v) is 25.5. The molecule has 0 saturated heterocycles. The van der Waals surface area contributed by atoms with Crippen molar-refractivity contribution < 1.29 is 27.1 Å². The van der Waals surface area contributed by atoms with Crippen molar-refractivity contribution in [1.82, 2.24) is 14.1 Å². The number of aromatic nitrogens is 4. The Balaban J connectivity index is 1.07. The van der Waals surface area contributed by atoms with Crippen LogP contribution in [0.2, 0.25) is 0 Å². The lowest BCUT2D eigenvalue weighted by Gasteiger charge is -2.30. The van der Waals surface area contributed by atoms with Crippen molar-refractivity contribution in [2.24, 2.45) is 0 Å². The van der Waals surface area contributed by atoms with Crippen LogP contribution in [0.25, 0.3) is 94.5 Å². The van der Waals surface area contributed by atoms with Crippen molar-refractivity contribution >= 4 is 32.8 Å². The summed E-state index contributed by atoms with van der Waals surface area (Å²) in [5.74, 6) is 1.16. The van der Waals surface area contributed by atoms with E-state index < -0.39 is 60.6 Å². The third-order valence-electron chi connectivity index (χ3n) is 15.5. The molecule has 5 heteroatoms. The molecular weight excluding hydrogens is 997 g/mol. The number of fused-ring (bicyclic) bond motifs is 4. The maximum atomic E-state index is 9.30. The lowest BCUT2D eigenvalue weighted by Crippen LogP contribution is -2.35. The van der Waals surface area contributed by atoms with Gasteiger partial charge in [0.1, 0.15) is 17.3 Å². The van der Waals surface area contributed by atoms with Crippen LogP contribution in [0.5, 0.6) is 11.5 Å². The van der Waals surface area contributed by atoms with E-state index in [4.69, 9.17) is 24.8 Å². The zero-order chi connectivity index (χ0) is 68.7. The lowest BCUT2D eigenvalue weighted by atomic mass is 9.77. The van der Waals surface area contributed by atoms with Crippen molar-refractivity contribution in [3.63, 3.8) is 0 Å². The number of benzene rings is 9. The van der Waals surface area contributed by atoms with E-state index in [0.29, 0.717) is 33.8 Å². The molecule has 0 aliphatic heterocycles. The van der Waals surface area contributed by atoms with Gasteiger partial charge in [0.2, 0.25) is 0 Å². The Kier molecular flexibility index (Phi) is 10.0. The third-order valence-corrected chi connectivity index (χ3v) is 15.5. The Morgan fingerprint density at radius 1 is 0.476 bits per heavy atom. The van der Waals surface area contributed by atoms with Crippen LogP contribution in [0.3, 0.4) is 0 Å². The summed E-state index contributed by atoms with van der Waals surface area (Å²) in [7, 11) is 0. The molecule has 3 aromatic heterocycles. The second-order valence-electron chi connectivity index (χ2n) is 25.5. The first kappa shape index (κ1) is 40.4. The fourth-order valence-corrected chi connectivity index (χ4v) is 10.9. The van der Waals surface area contributed by atoms with Gasteiger partial charge in [-0.25, -0.2) is 4.98 Å². The molecule has 12 aromatic rings. The molecule has 3 heterocycles. The molecule has 0 saturated carbocycles. The average molecular weight is 1080 g/mol. The van der Waals surface area contributed by atoms with Gasteiger partial charge in [-0.2, -0.15) is 0 Å². The highest BCUT2D eigenvalue weighted by Crippen LogP contribution is 2.43. The van der Waals surface area contributed by atoms with Crippen LogP contribution >= 0.6 is 0 Å². The van der Waals surface area contributed by atoms with Crippen LogP contribution in [0.4, 0.5) is 0 Å². The minimum Gasteiger partial charge on any atom is -0.458 e. The van der Waals surface area contributed by atoms with Gasteiger partial charge in [0.15, 0.2) is 0 Å². The maximum Gasteiger partial charge on any atom is 0.269 e. The van der Waals surface area contributed by atoms with Crippen LogP contribution in [0, 0.1) is 13.2 Å². The summed E-state index contributed by atoms with van der Waals surface area (Å²) in [6.07, 6.45) is 5.14. The van der Waals surface area contributed by atoms with Crippen molar-refractivity contribution in [3.05, 3.63) is 246 Å². The highest BCUT2D eigenvalue weighted by atomic mass is 16.5. The first-order valence-corrected chi connectivity index (χ1v) is 27.9. The molecule has 0 N–H and O–H groups in total. The van der Waals surface area contributed by atoms with Crippen molar-refractivity contribution in [3.8, 4) is 73.2 Å². The molecule has 0 fully saturated rings. The highest BCUT2D eigenvalue weighted by Gasteiger charge is 2.29. The number of rotatable bonds is 9. The van der Waals surface area contributed by atoms with E-state index in [-0.39, 0.29) is 56.4 Å². The van der Waals surface area contributed by atoms with Gasteiger partial charge >= 0.3 is 0 Å². The molecule has 0 bridgehead atoms. The summed E-state index contributed by atoms with van der Waals surface area (Å²) in [5.41, 5.74) is 11.2. The highest BCUT2D eigenvalue weighted by molar-refractivity contribution is 6.09. The van der Waals surface area contributed by atoms with Crippen LogP contribution in [0.15, 0.2) is 212 Å². The van der Waals surface area contributed by atoms with Gasteiger partial charge in [-0.3, -0.25) is 13.7 Å².